The Hall–Kier alpha value is -1.39. The highest BCUT2D eigenvalue weighted by Gasteiger charge is 2.04. The third-order valence-electron chi connectivity index (χ3n) is 2.27. The number of nitrogens with zero attached hydrogens (tertiary/aromatic N) is 1. The predicted octanol–water partition coefficient (Wildman–Crippen LogP) is 3.68. The molecule has 1 aromatic heterocycles. The van der Waals surface area contributed by atoms with Crippen molar-refractivity contribution < 1.29 is 4.79 Å². The molecule has 0 saturated carbocycles. The predicted molar refractivity (Wildman–Crippen MR) is 75.7 cm³/mol. The van der Waals surface area contributed by atoms with E-state index < -0.39 is 0 Å². The summed E-state index contributed by atoms with van der Waals surface area (Å²) < 4.78 is 0.992. The van der Waals surface area contributed by atoms with Gasteiger partial charge in [-0.1, -0.05) is 39.7 Å². The fourth-order valence-corrected chi connectivity index (χ4v) is 1.80. The molecule has 1 N–H and O–H groups in total. The summed E-state index contributed by atoms with van der Waals surface area (Å²) in [7, 11) is 0. The SMILES string of the molecule is O=C(Cc1ccc(Br)cc1)Nc1ccc(Cl)cn1. The molecule has 92 valence electrons. The molecule has 0 aliphatic carbocycles. The van der Waals surface area contributed by atoms with Crippen molar-refractivity contribution >= 4 is 39.3 Å². The standard InChI is InChI=1S/C13H10BrClN2O/c14-10-3-1-9(2-4-10)7-13(18)17-12-6-5-11(15)8-16-12/h1-6,8H,7H2,(H,16,17,18). The second-order valence-electron chi connectivity index (χ2n) is 3.71. The zero-order valence-electron chi connectivity index (χ0n) is 9.36. The number of pyridine rings is 1. The van der Waals surface area contributed by atoms with E-state index in [0.29, 0.717) is 17.3 Å². The van der Waals surface area contributed by atoms with Crippen LogP contribution < -0.4 is 5.32 Å². The van der Waals surface area contributed by atoms with Gasteiger partial charge in [0, 0.05) is 10.7 Å². The molecule has 2 rings (SSSR count). The van der Waals surface area contributed by atoms with Gasteiger partial charge in [-0.05, 0) is 29.8 Å². The van der Waals surface area contributed by atoms with Gasteiger partial charge in [0.1, 0.15) is 5.82 Å². The summed E-state index contributed by atoms with van der Waals surface area (Å²) in [5.74, 6) is 0.397. The molecule has 3 nitrogen and oxygen atoms in total. The molecule has 0 aliphatic rings. The Balaban J connectivity index is 1.96. The Morgan fingerprint density at radius 2 is 1.94 bits per heavy atom. The fourth-order valence-electron chi connectivity index (χ4n) is 1.42. The van der Waals surface area contributed by atoms with E-state index in [-0.39, 0.29) is 5.91 Å². The maximum atomic E-state index is 11.8. The van der Waals surface area contributed by atoms with Crippen LogP contribution >= 0.6 is 27.5 Å². The first-order valence-electron chi connectivity index (χ1n) is 5.29. The Morgan fingerprint density at radius 3 is 2.56 bits per heavy atom. The average molecular weight is 326 g/mol. The normalized spacial score (nSPS) is 10.1. The van der Waals surface area contributed by atoms with Gasteiger partial charge in [0.05, 0.1) is 11.4 Å². The monoisotopic (exact) mass is 324 g/mol. The number of hydrogen-bond donors (Lipinski definition) is 1. The summed E-state index contributed by atoms with van der Waals surface area (Å²) in [5, 5.41) is 3.25. The van der Waals surface area contributed by atoms with E-state index in [1.54, 1.807) is 12.1 Å². The summed E-state index contributed by atoms with van der Waals surface area (Å²) in [5.41, 5.74) is 0.949. The van der Waals surface area contributed by atoms with E-state index >= 15 is 0 Å². The summed E-state index contributed by atoms with van der Waals surface area (Å²) >= 11 is 9.06. The number of carbonyl (C=O) groups is 1. The highest BCUT2D eigenvalue weighted by Crippen LogP contribution is 2.12. The van der Waals surface area contributed by atoms with Gasteiger partial charge in [-0.25, -0.2) is 4.98 Å². The van der Waals surface area contributed by atoms with Crippen LogP contribution in [-0.2, 0) is 11.2 Å². The molecular weight excluding hydrogens is 316 g/mol. The lowest BCUT2D eigenvalue weighted by Gasteiger charge is -2.04. The van der Waals surface area contributed by atoms with Crippen molar-refractivity contribution in [3.8, 4) is 0 Å². The van der Waals surface area contributed by atoms with Crippen molar-refractivity contribution in [1.82, 2.24) is 4.98 Å². The molecule has 0 aliphatic heterocycles. The molecular formula is C13H10BrClN2O. The maximum Gasteiger partial charge on any atom is 0.229 e. The number of hydrogen-bond acceptors (Lipinski definition) is 2. The van der Waals surface area contributed by atoms with Crippen LogP contribution in [0.3, 0.4) is 0 Å². The van der Waals surface area contributed by atoms with Gasteiger partial charge in [-0.3, -0.25) is 4.79 Å². The van der Waals surface area contributed by atoms with E-state index in [1.165, 1.54) is 6.20 Å². The molecule has 0 radical (unpaired) electrons. The first-order valence-corrected chi connectivity index (χ1v) is 6.46. The molecule has 0 unspecified atom stereocenters. The van der Waals surface area contributed by atoms with Crippen LogP contribution in [0.1, 0.15) is 5.56 Å². The minimum absolute atomic E-state index is 0.104. The van der Waals surface area contributed by atoms with Gasteiger partial charge < -0.3 is 5.32 Å². The van der Waals surface area contributed by atoms with E-state index in [1.807, 2.05) is 24.3 Å². The molecule has 0 atom stereocenters. The van der Waals surface area contributed by atoms with Gasteiger partial charge in [0.2, 0.25) is 5.91 Å². The topological polar surface area (TPSA) is 42.0 Å². The maximum absolute atomic E-state index is 11.8. The fraction of sp³-hybridized carbons (Fsp3) is 0.0769. The Morgan fingerprint density at radius 1 is 1.22 bits per heavy atom. The van der Waals surface area contributed by atoms with Crippen LogP contribution in [0.25, 0.3) is 0 Å². The van der Waals surface area contributed by atoms with E-state index in [9.17, 15) is 4.79 Å². The zero-order valence-corrected chi connectivity index (χ0v) is 11.7. The van der Waals surface area contributed by atoms with Gasteiger partial charge in [-0.2, -0.15) is 0 Å². The minimum atomic E-state index is -0.104. The first kappa shape index (κ1) is 13.1. The Labute approximate surface area is 118 Å². The van der Waals surface area contributed by atoms with Crippen molar-refractivity contribution in [3.63, 3.8) is 0 Å². The van der Waals surface area contributed by atoms with Gasteiger partial charge >= 0.3 is 0 Å². The Kier molecular flexibility index (Phi) is 4.33. The lowest BCUT2D eigenvalue weighted by Crippen LogP contribution is -2.15. The number of rotatable bonds is 3. The van der Waals surface area contributed by atoms with Crippen LogP contribution in [0.15, 0.2) is 47.1 Å². The quantitative estimate of drug-likeness (QED) is 0.935. The van der Waals surface area contributed by atoms with Crippen molar-refractivity contribution in [2.75, 3.05) is 5.32 Å². The van der Waals surface area contributed by atoms with Crippen molar-refractivity contribution in [1.29, 1.82) is 0 Å². The van der Waals surface area contributed by atoms with Crippen molar-refractivity contribution in [3.05, 3.63) is 57.7 Å². The number of aromatic nitrogens is 1. The number of carbonyl (C=O) groups excluding carboxylic acids is 1. The third kappa shape index (κ3) is 3.82. The molecule has 0 fully saturated rings. The van der Waals surface area contributed by atoms with E-state index in [4.69, 9.17) is 11.6 Å². The van der Waals surface area contributed by atoms with Crippen LogP contribution in [0.5, 0.6) is 0 Å². The summed E-state index contributed by atoms with van der Waals surface area (Å²) in [4.78, 5) is 15.8. The summed E-state index contributed by atoms with van der Waals surface area (Å²) in [6.45, 7) is 0. The molecule has 1 aromatic carbocycles. The van der Waals surface area contributed by atoms with Crippen molar-refractivity contribution in [2.24, 2.45) is 0 Å². The summed E-state index contributed by atoms with van der Waals surface area (Å²) in [6, 6.07) is 11.0. The Bertz CT molecular complexity index is 490. The number of benzene rings is 1. The largest absolute Gasteiger partial charge is 0.310 e. The number of halogens is 2. The van der Waals surface area contributed by atoms with E-state index in [0.717, 1.165) is 10.0 Å². The lowest BCUT2D eigenvalue weighted by molar-refractivity contribution is -0.115. The summed E-state index contributed by atoms with van der Waals surface area (Å²) in [6.07, 6.45) is 1.81. The molecule has 18 heavy (non-hydrogen) atoms. The minimum Gasteiger partial charge on any atom is -0.310 e. The second kappa shape index (κ2) is 5.98. The van der Waals surface area contributed by atoms with Crippen LogP contribution in [-0.4, -0.2) is 10.9 Å². The van der Waals surface area contributed by atoms with Gasteiger partial charge in [0.25, 0.3) is 0 Å². The zero-order chi connectivity index (χ0) is 13.0. The molecule has 2 aromatic rings. The highest BCUT2D eigenvalue weighted by molar-refractivity contribution is 9.10. The smallest absolute Gasteiger partial charge is 0.229 e. The molecule has 0 bridgehead atoms. The van der Waals surface area contributed by atoms with Crippen LogP contribution in [0.2, 0.25) is 5.02 Å². The number of nitrogens with one attached hydrogen (secondary N) is 1. The van der Waals surface area contributed by atoms with Crippen molar-refractivity contribution in [2.45, 2.75) is 6.42 Å². The molecule has 1 heterocycles. The second-order valence-corrected chi connectivity index (χ2v) is 5.07. The van der Waals surface area contributed by atoms with E-state index in [2.05, 4.69) is 26.2 Å². The third-order valence-corrected chi connectivity index (χ3v) is 3.03. The highest BCUT2D eigenvalue weighted by atomic mass is 79.9. The molecule has 5 heteroatoms. The van der Waals surface area contributed by atoms with Crippen LogP contribution in [0, 0.1) is 0 Å². The average Bonchev–Trinajstić information content (AvgIpc) is 2.35. The number of anilines is 1. The number of amides is 1. The molecule has 0 saturated heterocycles. The van der Waals surface area contributed by atoms with Gasteiger partial charge in [0.15, 0.2) is 0 Å². The first-order chi connectivity index (χ1) is 8.63. The van der Waals surface area contributed by atoms with Gasteiger partial charge in [-0.15, -0.1) is 0 Å². The molecule has 0 spiro atoms. The van der Waals surface area contributed by atoms with Crippen LogP contribution in [0.4, 0.5) is 5.82 Å². The lowest BCUT2D eigenvalue weighted by atomic mass is 10.1. The molecule has 1 amide bonds.